The Morgan fingerprint density at radius 1 is 1.14 bits per heavy atom. The molecule has 2 heterocycles. The molecule has 1 fully saturated rings. The fourth-order valence-corrected chi connectivity index (χ4v) is 5.23. The Bertz CT molecular complexity index is 1100. The molecular formula is C27H35ClN2O5S. The number of carbonyl (C=O) groups is 3. The Balaban J connectivity index is 1.55. The number of ether oxygens (including phenoxy) is 2. The molecule has 1 N–H and O–H groups in total. The third-order valence-electron chi connectivity index (χ3n) is 5.82. The summed E-state index contributed by atoms with van der Waals surface area (Å²) in [7, 11) is 0. The first-order chi connectivity index (χ1) is 16.8. The maximum absolute atomic E-state index is 13.1. The molecule has 0 saturated carbocycles. The summed E-state index contributed by atoms with van der Waals surface area (Å²) in [6.45, 7) is 11.9. The zero-order chi connectivity index (χ0) is 26.6. The summed E-state index contributed by atoms with van der Waals surface area (Å²) in [6, 6.07) is 6.68. The van der Waals surface area contributed by atoms with Crippen LogP contribution in [-0.2, 0) is 14.3 Å². The van der Waals surface area contributed by atoms with E-state index in [9.17, 15) is 14.4 Å². The van der Waals surface area contributed by atoms with Crippen molar-refractivity contribution < 1.29 is 23.9 Å². The van der Waals surface area contributed by atoms with Crippen LogP contribution in [0, 0.1) is 12.8 Å². The van der Waals surface area contributed by atoms with E-state index in [1.54, 1.807) is 49.1 Å². The van der Waals surface area contributed by atoms with Crippen LogP contribution < -0.4 is 5.32 Å². The van der Waals surface area contributed by atoms with E-state index in [2.05, 4.69) is 16.8 Å². The number of benzene rings is 1. The number of esters is 1. The lowest BCUT2D eigenvalue weighted by molar-refractivity contribution is -0.154. The van der Waals surface area contributed by atoms with Gasteiger partial charge in [-0.15, -0.1) is 11.3 Å². The molecule has 2 aromatic rings. The van der Waals surface area contributed by atoms with Crippen molar-refractivity contribution >= 4 is 40.9 Å². The maximum Gasteiger partial charge on any atom is 0.408 e. The van der Waals surface area contributed by atoms with Gasteiger partial charge in [-0.05, 0) is 62.8 Å². The molecule has 36 heavy (non-hydrogen) atoms. The Hall–Kier alpha value is -2.58. The number of alkyl carbamates (subject to hydrolysis) is 1. The number of piperidine rings is 1. The number of halogens is 1. The molecule has 3 rings (SSSR count). The van der Waals surface area contributed by atoms with Crippen LogP contribution in [0.25, 0.3) is 10.4 Å². The summed E-state index contributed by atoms with van der Waals surface area (Å²) in [5, 5.41) is 5.24. The Morgan fingerprint density at radius 3 is 2.33 bits per heavy atom. The summed E-state index contributed by atoms with van der Waals surface area (Å²) in [4.78, 5) is 40.8. The summed E-state index contributed by atoms with van der Waals surface area (Å²) in [5.41, 5.74) is 1.96. The first kappa shape index (κ1) is 28.0. The molecule has 1 aromatic carbocycles. The van der Waals surface area contributed by atoms with E-state index in [1.807, 2.05) is 26.8 Å². The zero-order valence-corrected chi connectivity index (χ0v) is 23.3. The summed E-state index contributed by atoms with van der Waals surface area (Å²) < 4.78 is 11.0. The number of nitrogens with one attached hydrogen (secondary N) is 1. The highest BCUT2D eigenvalue weighted by atomic mass is 35.5. The number of rotatable bonds is 6. The molecular weight excluding hydrogens is 500 g/mol. The van der Waals surface area contributed by atoms with Crippen LogP contribution in [-0.4, -0.2) is 53.7 Å². The van der Waals surface area contributed by atoms with Crippen molar-refractivity contribution in [3.8, 4) is 10.4 Å². The zero-order valence-electron chi connectivity index (χ0n) is 21.7. The quantitative estimate of drug-likeness (QED) is 0.454. The SMILES string of the molecule is Cc1csc(-c2ccc(C(=O)N3CCC(OC(=O)[C@@H](NC(=O)OC(C)(C)C)C(C)C)CC3)cc2Cl)c1. The summed E-state index contributed by atoms with van der Waals surface area (Å²) in [6.07, 6.45) is 0.0676. The molecule has 1 aromatic heterocycles. The number of nitrogens with zero attached hydrogens (tertiary/aromatic N) is 1. The lowest BCUT2D eigenvalue weighted by Crippen LogP contribution is -2.49. The monoisotopic (exact) mass is 534 g/mol. The van der Waals surface area contributed by atoms with Gasteiger partial charge in [0.2, 0.25) is 0 Å². The standard InChI is InChI=1S/C27H35ClN2O5S/c1-16(2)23(29-26(33)35-27(4,5)6)25(32)34-19-9-11-30(12-10-19)24(31)18-7-8-20(21(28)14-18)22-13-17(3)15-36-22/h7-8,13-16,19,23H,9-12H2,1-6H3,(H,29,33)/t23-/m0/s1. The average Bonchev–Trinajstić information content (AvgIpc) is 3.21. The minimum Gasteiger partial charge on any atom is -0.461 e. The number of aryl methyl sites for hydroxylation is 1. The van der Waals surface area contributed by atoms with Gasteiger partial charge in [-0.1, -0.05) is 31.5 Å². The number of carbonyl (C=O) groups excluding carboxylic acids is 3. The second-order valence-electron chi connectivity index (χ2n) is 10.5. The number of hydrogen-bond acceptors (Lipinski definition) is 6. The lowest BCUT2D eigenvalue weighted by atomic mass is 10.0. The molecule has 0 radical (unpaired) electrons. The molecule has 9 heteroatoms. The van der Waals surface area contributed by atoms with Gasteiger partial charge in [0.25, 0.3) is 5.91 Å². The van der Waals surface area contributed by atoms with Gasteiger partial charge in [0.15, 0.2) is 0 Å². The topological polar surface area (TPSA) is 84.9 Å². The van der Waals surface area contributed by atoms with Crippen molar-refractivity contribution in [2.75, 3.05) is 13.1 Å². The van der Waals surface area contributed by atoms with Crippen LogP contribution in [0.4, 0.5) is 4.79 Å². The van der Waals surface area contributed by atoms with Gasteiger partial charge in [-0.25, -0.2) is 9.59 Å². The lowest BCUT2D eigenvalue weighted by Gasteiger charge is -2.33. The molecule has 1 aliphatic heterocycles. The minimum atomic E-state index is -0.813. The van der Waals surface area contributed by atoms with Crippen molar-refractivity contribution in [1.29, 1.82) is 0 Å². The molecule has 196 valence electrons. The average molecular weight is 535 g/mol. The molecule has 7 nitrogen and oxygen atoms in total. The minimum absolute atomic E-state index is 0.0952. The Morgan fingerprint density at radius 2 is 1.81 bits per heavy atom. The highest BCUT2D eigenvalue weighted by molar-refractivity contribution is 7.13. The fraction of sp³-hybridized carbons (Fsp3) is 0.519. The van der Waals surface area contributed by atoms with Crippen molar-refractivity contribution in [1.82, 2.24) is 10.2 Å². The van der Waals surface area contributed by atoms with E-state index in [4.69, 9.17) is 21.1 Å². The Labute approximate surface area is 222 Å². The van der Waals surface area contributed by atoms with Crippen LogP contribution in [0.1, 0.15) is 63.4 Å². The van der Waals surface area contributed by atoms with Gasteiger partial charge >= 0.3 is 12.1 Å². The summed E-state index contributed by atoms with van der Waals surface area (Å²) in [5.74, 6) is -0.758. The van der Waals surface area contributed by atoms with Gasteiger partial charge in [-0.3, -0.25) is 4.79 Å². The predicted molar refractivity (Wildman–Crippen MR) is 143 cm³/mol. The van der Waals surface area contributed by atoms with Crippen molar-refractivity contribution in [2.45, 2.75) is 72.1 Å². The van der Waals surface area contributed by atoms with Gasteiger partial charge < -0.3 is 19.7 Å². The van der Waals surface area contributed by atoms with Crippen LogP contribution >= 0.6 is 22.9 Å². The molecule has 1 aliphatic rings. The van der Waals surface area contributed by atoms with Crippen molar-refractivity contribution in [3.63, 3.8) is 0 Å². The van der Waals surface area contributed by atoms with Gasteiger partial charge in [0.1, 0.15) is 17.7 Å². The highest BCUT2D eigenvalue weighted by Crippen LogP contribution is 2.33. The summed E-state index contributed by atoms with van der Waals surface area (Å²) >= 11 is 8.12. The molecule has 1 atom stereocenters. The number of hydrogen-bond donors (Lipinski definition) is 1. The highest BCUT2D eigenvalue weighted by Gasteiger charge is 2.32. The first-order valence-corrected chi connectivity index (χ1v) is 13.4. The first-order valence-electron chi connectivity index (χ1n) is 12.2. The van der Waals surface area contributed by atoms with Gasteiger partial charge in [-0.2, -0.15) is 0 Å². The largest absolute Gasteiger partial charge is 0.461 e. The predicted octanol–water partition coefficient (Wildman–Crippen LogP) is 6.07. The van der Waals surface area contributed by atoms with E-state index in [0.29, 0.717) is 36.5 Å². The van der Waals surface area contributed by atoms with E-state index in [1.165, 1.54) is 5.56 Å². The number of amides is 2. The van der Waals surface area contributed by atoms with Crippen LogP contribution in [0.2, 0.25) is 5.02 Å². The molecule has 0 unspecified atom stereocenters. The molecule has 2 amide bonds. The van der Waals surface area contributed by atoms with E-state index >= 15 is 0 Å². The Kier molecular flexibility index (Phi) is 9.06. The number of thiophene rings is 1. The van der Waals surface area contributed by atoms with E-state index in [-0.39, 0.29) is 17.9 Å². The van der Waals surface area contributed by atoms with Crippen molar-refractivity contribution in [3.05, 3.63) is 45.8 Å². The fourth-order valence-electron chi connectivity index (χ4n) is 3.95. The molecule has 0 aliphatic carbocycles. The molecule has 0 bridgehead atoms. The maximum atomic E-state index is 13.1. The molecule has 0 spiro atoms. The number of likely N-dealkylation sites (tertiary alicyclic amines) is 1. The third-order valence-corrected chi connectivity index (χ3v) is 7.21. The second-order valence-corrected chi connectivity index (χ2v) is 11.8. The van der Waals surface area contributed by atoms with Crippen LogP contribution in [0.3, 0.4) is 0 Å². The molecule has 1 saturated heterocycles. The van der Waals surface area contributed by atoms with E-state index in [0.717, 1.165) is 10.4 Å². The van der Waals surface area contributed by atoms with Gasteiger partial charge in [0.05, 0.1) is 5.02 Å². The second kappa shape index (κ2) is 11.6. The third kappa shape index (κ3) is 7.46. The van der Waals surface area contributed by atoms with Gasteiger partial charge in [0, 0.05) is 41.9 Å². The van der Waals surface area contributed by atoms with E-state index < -0.39 is 23.7 Å². The van der Waals surface area contributed by atoms with Crippen molar-refractivity contribution in [2.24, 2.45) is 5.92 Å². The smallest absolute Gasteiger partial charge is 0.408 e. The normalized spacial score (nSPS) is 15.5. The van der Waals surface area contributed by atoms with Crippen LogP contribution in [0.5, 0.6) is 0 Å². The van der Waals surface area contributed by atoms with Crippen LogP contribution in [0.15, 0.2) is 29.6 Å².